The van der Waals surface area contributed by atoms with E-state index < -0.39 is 0 Å². The second-order valence-corrected chi connectivity index (χ2v) is 4.16. The number of hydrogen-bond donors (Lipinski definition) is 2. The molecule has 0 aliphatic heterocycles. The molecule has 0 aliphatic carbocycles. The number of halogens is 1. The van der Waals surface area contributed by atoms with Crippen molar-refractivity contribution < 1.29 is 0 Å². The normalized spacial score (nSPS) is 10.1. The molecule has 0 fully saturated rings. The molecule has 2 N–H and O–H groups in total. The molecule has 5 nitrogen and oxygen atoms in total. The molecule has 0 aliphatic rings. The molecular weight excluding hydrogens is 250 g/mol. The standard InChI is InChI=1S/C12H14ClN5/c1-2-6-14-11-8-15-18-12(17-11)16-10-5-3-4-9(13)7-10/h3-5,7-8H,2,6H2,1H3,(H2,14,16,17,18). The molecule has 18 heavy (non-hydrogen) atoms. The number of benzene rings is 1. The van der Waals surface area contributed by atoms with E-state index in [1.807, 2.05) is 18.2 Å². The Labute approximate surface area is 111 Å². The molecular formula is C12H14ClN5. The smallest absolute Gasteiger partial charge is 0.249 e. The van der Waals surface area contributed by atoms with E-state index in [9.17, 15) is 0 Å². The van der Waals surface area contributed by atoms with Gasteiger partial charge in [-0.2, -0.15) is 10.1 Å². The molecule has 0 unspecified atom stereocenters. The molecule has 0 bridgehead atoms. The van der Waals surface area contributed by atoms with Crippen molar-refractivity contribution in [1.29, 1.82) is 0 Å². The number of rotatable bonds is 5. The fraction of sp³-hybridized carbons (Fsp3) is 0.250. The Morgan fingerprint density at radius 3 is 3.00 bits per heavy atom. The SMILES string of the molecule is CCCNc1cnnc(Nc2cccc(Cl)c2)n1. The van der Waals surface area contributed by atoms with E-state index in [1.165, 1.54) is 0 Å². The van der Waals surface area contributed by atoms with Crippen LogP contribution in [0.3, 0.4) is 0 Å². The number of hydrogen-bond acceptors (Lipinski definition) is 5. The van der Waals surface area contributed by atoms with E-state index in [4.69, 9.17) is 11.6 Å². The Morgan fingerprint density at radius 1 is 1.33 bits per heavy atom. The van der Waals surface area contributed by atoms with Crippen LogP contribution in [0, 0.1) is 0 Å². The molecule has 0 spiro atoms. The van der Waals surface area contributed by atoms with E-state index in [2.05, 4.69) is 32.7 Å². The maximum Gasteiger partial charge on any atom is 0.249 e. The minimum absolute atomic E-state index is 0.443. The van der Waals surface area contributed by atoms with Gasteiger partial charge < -0.3 is 10.6 Å². The Bertz CT molecular complexity index is 517. The van der Waals surface area contributed by atoms with Crippen molar-refractivity contribution in [2.45, 2.75) is 13.3 Å². The Morgan fingerprint density at radius 2 is 2.22 bits per heavy atom. The summed E-state index contributed by atoms with van der Waals surface area (Å²) >= 11 is 5.90. The molecule has 1 aromatic carbocycles. The average molecular weight is 264 g/mol. The van der Waals surface area contributed by atoms with Gasteiger partial charge in [0.2, 0.25) is 5.95 Å². The van der Waals surface area contributed by atoms with Crippen LogP contribution < -0.4 is 10.6 Å². The number of nitrogens with zero attached hydrogens (tertiary/aromatic N) is 3. The number of anilines is 3. The third kappa shape index (κ3) is 3.56. The van der Waals surface area contributed by atoms with Crippen LogP contribution in [-0.2, 0) is 0 Å². The predicted octanol–water partition coefficient (Wildman–Crippen LogP) is 3.09. The quantitative estimate of drug-likeness (QED) is 0.868. The van der Waals surface area contributed by atoms with Crippen molar-refractivity contribution in [1.82, 2.24) is 15.2 Å². The highest BCUT2D eigenvalue weighted by molar-refractivity contribution is 6.30. The van der Waals surface area contributed by atoms with Gasteiger partial charge in [0.1, 0.15) is 0 Å². The maximum absolute atomic E-state index is 5.90. The van der Waals surface area contributed by atoms with Crippen LogP contribution >= 0.6 is 11.6 Å². The summed E-state index contributed by atoms with van der Waals surface area (Å²) in [6.45, 7) is 2.95. The van der Waals surface area contributed by atoms with Crippen molar-refractivity contribution in [3.8, 4) is 0 Å². The van der Waals surface area contributed by atoms with Gasteiger partial charge in [-0.15, -0.1) is 5.10 Å². The lowest BCUT2D eigenvalue weighted by Crippen LogP contribution is -2.06. The summed E-state index contributed by atoms with van der Waals surface area (Å²) in [6, 6.07) is 7.36. The summed E-state index contributed by atoms with van der Waals surface area (Å²) in [5, 5.41) is 14.7. The van der Waals surface area contributed by atoms with Crippen LogP contribution in [-0.4, -0.2) is 21.7 Å². The molecule has 1 aromatic heterocycles. The Hall–Kier alpha value is -1.88. The summed E-state index contributed by atoms with van der Waals surface area (Å²) in [4.78, 5) is 4.30. The molecule has 94 valence electrons. The second kappa shape index (κ2) is 6.16. The maximum atomic E-state index is 5.90. The molecule has 1 heterocycles. The zero-order valence-corrected chi connectivity index (χ0v) is 10.8. The highest BCUT2D eigenvalue weighted by atomic mass is 35.5. The number of nitrogens with one attached hydrogen (secondary N) is 2. The van der Waals surface area contributed by atoms with Crippen LogP contribution in [0.15, 0.2) is 30.5 Å². The minimum Gasteiger partial charge on any atom is -0.369 e. The first-order chi connectivity index (χ1) is 8.78. The third-order valence-electron chi connectivity index (χ3n) is 2.20. The van der Waals surface area contributed by atoms with Gasteiger partial charge in [0.05, 0.1) is 6.20 Å². The second-order valence-electron chi connectivity index (χ2n) is 3.73. The Balaban J connectivity index is 2.09. The first-order valence-corrected chi connectivity index (χ1v) is 6.12. The van der Waals surface area contributed by atoms with Gasteiger partial charge in [-0.05, 0) is 24.6 Å². The molecule has 0 amide bonds. The van der Waals surface area contributed by atoms with E-state index in [0.717, 1.165) is 18.7 Å². The lowest BCUT2D eigenvalue weighted by molar-refractivity contribution is 0.935. The third-order valence-corrected chi connectivity index (χ3v) is 2.43. The summed E-state index contributed by atoms with van der Waals surface area (Å²) in [5.74, 6) is 1.15. The van der Waals surface area contributed by atoms with E-state index in [-0.39, 0.29) is 0 Å². The van der Waals surface area contributed by atoms with Crippen LogP contribution in [0.5, 0.6) is 0 Å². The first kappa shape index (κ1) is 12.6. The Kier molecular flexibility index (Phi) is 4.30. The highest BCUT2D eigenvalue weighted by Crippen LogP contribution is 2.17. The van der Waals surface area contributed by atoms with Crippen molar-refractivity contribution in [3.63, 3.8) is 0 Å². The molecule has 0 atom stereocenters. The van der Waals surface area contributed by atoms with Crippen LogP contribution in [0.4, 0.5) is 17.5 Å². The largest absolute Gasteiger partial charge is 0.369 e. The van der Waals surface area contributed by atoms with Crippen molar-refractivity contribution in [3.05, 3.63) is 35.5 Å². The topological polar surface area (TPSA) is 62.7 Å². The summed E-state index contributed by atoms with van der Waals surface area (Å²) < 4.78 is 0. The summed E-state index contributed by atoms with van der Waals surface area (Å²) in [5.41, 5.74) is 0.831. The fourth-order valence-corrected chi connectivity index (χ4v) is 1.58. The zero-order valence-electron chi connectivity index (χ0n) is 10.0. The van der Waals surface area contributed by atoms with Crippen LogP contribution in [0.2, 0.25) is 5.02 Å². The van der Waals surface area contributed by atoms with E-state index in [0.29, 0.717) is 16.8 Å². The van der Waals surface area contributed by atoms with Crippen molar-refractivity contribution in [2.75, 3.05) is 17.2 Å². The lowest BCUT2D eigenvalue weighted by atomic mass is 10.3. The monoisotopic (exact) mass is 263 g/mol. The van der Waals surface area contributed by atoms with Gasteiger partial charge in [0.25, 0.3) is 0 Å². The zero-order chi connectivity index (χ0) is 12.8. The number of aromatic nitrogens is 3. The van der Waals surface area contributed by atoms with Crippen molar-refractivity contribution >= 4 is 29.1 Å². The van der Waals surface area contributed by atoms with Crippen LogP contribution in [0.25, 0.3) is 0 Å². The van der Waals surface area contributed by atoms with Gasteiger partial charge in [-0.25, -0.2) is 0 Å². The van der Waals surface area contributed by atoms with Gasteiger partial charge >= 0.3 is 0 Å². The molecule has 6 heteroatoms. The van der Waals surface area contributed by atoms with Gasteiger partial charge in [-0.1, -0.05) is 24.6 Å². The van der Waals surface area contributed by atoms with Gasteiger partial charge in [0, 0.05) is 17.3 Å². The molecule has 2 aromatic rings. The first-order valence-electron chi connectivity index (χ1n) is 5.74. The van der Waals surface area contributed by atoms with E-state index in [1.54, 1.807) is 12.3 Å². The van der Waals surface area contributed by atoms with Gasteiger partial charge in [-0.3, -0.25) is 0 Å². The summed E-state index contributed by atoms with van der Waals surface area (Å²) in [6.07, 6.45) is 2.62. The highest BCUT2D eigenvalue weighted by Gasteiger charge is 2.01. The molecule has 2 rings (SSSR count). The summed E-state index contributed by atoms with van der Waals surface area (Å²) in [7, 11) is 0. The van der Waals surface area contributed by atoms with Crippen LogP contribution in [0.1, 0.15) is 13.3 Å². The average Bonchev–Trinajstić information content (AvgIpc) is 2.37. The molecule has 0 saturated heterocycles. The minimum atomic E-state index is 0.443. The molecule has 0 radical (unpaired) electrons. The lowest BCUT2D eigenvalue weighted by Gasteiger charge is -2.06. The van der Waals surface area contributed by atoms with Crippen molar-refractivity contribution in [2.24, 2.45) is 0 Å². The fourth-order valence-electron chi connectivity index (χ4n) is 1.39. The predicted molar refractivity (Wildman–Crippen MR) is 73.3 cm³/mol. The molecule has 0 saturated carbocycles. The van der Waals surface area contributed by atoms with E-state index >= 15 is 0 Å². The van der Waals surface area contributed by atoms with Gasteiger partial charge in [0.15, 0.2) is 5.82 Å².